The van der Waals surface area contributed by atoms with Crippen LogP contribution in [0, 0.1) is 11.6 Å². The molecule has 2 amide bonds. The second-order valence-corrected chi connectivity index (χ2v) is 8.17. The monoisotopic (exact) mass is 464 g/mol. The lowest BCUT2D eigenvalue weighted by Crippen LogP contribution is -2.62. The molecule has 1 unspecified atom stereocenters. The molecule has 4 N–H and O–H groups in total. The van der Waals surface area contributed by atoms with Crippen LogP contribution in [0.1, 0.15) is 46.7 Å². The number of halogens is 2. The van der Waals surface area contributed by atoms with E-state index in [4.69, 9.17) is 4.74 Å². The Labute approximate surface area is 188 Å². The molecule has 9 nitrogen and oxygen atoms in total. The highest BCUT2D eigenvalue weighted by Gasteiger charge is 2.42. The number of aromatic nitrogens is 1. The molecule has 0 radical (unpaired) electrons. The number of likely N-dealkylation sites (N-methyl/N-ethyl adjacent to an activating group) is 1. The largest absolute Gasteiger partial charge is 0.503 e. The second-order valence-electron chi connectivity index (χ2n) is 8.17. The summed E-state index contributed by atoms with van der Waals surface area (Å²) in [6.45, 7) is 4.20. The van der Waals surface area contributed by atoms with E-state index in [9.17, 15) is 28.3 Å². The Morgan fingerprint density at radius 2 is 2.06 bits per heavy atom. The summed E-state index contributed by atoms with van der Waals surface area (Å²) >= 11 is 0. The maximum Gasteiger partial charge on any atom is 0.275 e. The first-order chi connectivity index (χ1) is 15.6. The zero-order valence-corrected chi connectivity index (χ0v) is 18.5. The van der Waals surface area contributed by atoms with Crippen molar-refractivity contribution in [2.24, 2.45) is 0 Å². The average molecular weight is 464 g/mol. The van der Waals surface area contributed by atoms with E-state index >= 15 is 0 Å². The maximum absolute atomic E-state index is 13.7. The highest BCUT2D eigenvalue weighted by Crippen LogP contribution is 2.26. The fourth-order valence-electron chi connectivity index (χ4n) is 3.72. The third kappa shape index (κ3) is 5.04. The van der Waals surface area contributed by atoms with E-state index in [0.717, 1.165) is 18.3 Å². The summed E-state index contributed by atoms with van der Waals surface area (Å²) in [6.07, 6.45) is 1.52. The number of pyridine rings is 1. The van der Waals surface area contributed by atoms with Gasteiger partial charge in [-0.25, -0.2) is 8.78 Å². The lowest BCUT2D eigenvalue weighted by atomic mass is 10.1. The van der Waals surface area contributed by atoms with Gasteiger partial charge < -0.3 is 25.0 Å². The van der Waals surface area contributed by atoms with E-state index in [2.05, 4.69) is 15.6 Å². The Morgan fingerprint density at radius 3 is 2.67 bits per heavy atom. The summed E-state index contributed by atoms with van der Waals surface area (Å²) in [6, 6.07) is 2.91. The molecule has 0 bridgehead atoms. The first-order valence-corrected chi connectivity index (χ1v) is 10.4. The molecule has 3 rings (SSSR count). The molecule has 0 aliphatic carbocycles. The van der Waals surface area contributed by atoms with Gasteiger partial charge in [-0.05, 0) is 19.9 Å². The normalized spacial score (nSPS) is 17.9. The zero-order valence-electron chi connectivity index (χ0n) is 18.5. The van der Waals surface area contributed by atoms with Crippen molar-refractivity contribution in [1.82, 2.24) is 20.5 Å². The number of amides is 2. The molecular formula is C22H26F2N4O5. The summed E-state index contributed by atoms with van der Waals surface area (Å²) in [5, 5.41) is 16.0. The summed E-state index contributed by atoms with van der Waals surface area (Å²) < 4.78 is 32.2. The van der Waals surface area contributed by atoms with Crippen LogP contribution in [0.5, 0.6) is 5.75 Å². The number of benzene rings is 1. The van der Waals surface area contributed by atoms with E-state index in [1.165, 1.54) is 11.9 Å². The van der Waals surface area contributed by atoms with Crippen LogP contribution in [0.4, 0.5) is 8.78 Å². The molecule has 0 saturated carbocycles. The molecule has 0 spiro atoms. The van der Waals surface area contributed by atoms with Gasteiger partial charge in [0.2, 0.25) is 5.43 Å². The molecule has 33 heavy (non-hydrogen) atoms. The lowest BCUT2D eigenvalue weighted by molar-refractivity contribution is 0.0353. The van der Waals surface area contributed by atoms with Crippen LogP contribution in [0.25, 0.3) is 0 Å². The molecule has 11 heteroatoms. The van der Waals surface area contributed by atoms with E-state index in [1.807, 2.05) is 13.8 Å². The first kappa shape index (κ1) is 24.3. The fraction of sp³-hybridized carbons (Fsp3) is 0.409. The molecule has 1 aliphatic heterocycles. The number of nitrogens with one attached hydrogen (secondary N) is 3. The van der Waals surface area contributed by atoms with Crippen LogP contribution < -0.4 is 16.1 Å². The van der Waals surface area contributed by atoms with Crippen molar-refractivity contribution < 1.29 is 28.2 Å². The highest BCUT2D eigenvalue weighted by molar-refractivity contribution is 5.98. The third-order valence-electron chi connectivity index (χ3n) is 5.48. The van der Waals surface area contributed by atoms with Crippen LogP contribution in [0.2, 0.25) is 0 Å². The molecular weight excluding hydrogens is 438 g/mol. The van der Waals surface area contributed by atoms with E-state index < -0.39 is 45.9 Å². The Morgan fingerprint density at radius 1 is 1.33 bits per heavy atom. The van der Waals surface area contributed by atoms with Gasteiger partial charge in [-0.15, -0.1) is 0 Å². The predicted octanol–water partition coefficient (Wildman–Crippen LogP) is 1.48. The number of hydrogen-bond acceptors (Lipinski definition) is 6. The van der Waals surface area contributed by atoms with Gasteiger partial charge in [-0.3, -0.25) is 19.7 Å². The van der Waals surface area contributed by atoms with E-state index in [0.29, 0.717) is 19.1 Å². The summed E-state index contributed by atoms with van der Waals surface area (Å²) in [5.74, 6) is -4.08. The number of rotatable bonds is 7. The van der Waals surface area contributed by atoms with Crippen molar-refractivity contribution in [2.45, 2.75) is 38.5 Å². The van der Waals surface area contributed by atoms with Gasteiger partial charge in [0, 0.05) is 43.9 Å². The van der Waals surface area contributed by atoms with Gasteiger partial charge in [-0.1, -0.05) is 6.07 Å². The predicted molar refractivity (Wildman–Crippen MR) is 115 cm³/mol. The second kappa shape index (κ2) is 9.67. The number of aromatic hydroxyl groups is 1. The molecule has 2 aromatic rings. The molecule has 2 heterocycles. The Hall–Kier alpha value is -3.31. The van der Waals surface area contributed by atoms with Gasteiger partial charge >= 0.3 is 0 Å². The average Bonchev–Trinajstić information content (AvgIpc) is 3.22. The number of ether oxygens (including phenoxy) is 1. The van der Waals surface area contributed by atoms with Crippen molar-refractivity contribution >= 4 is 11.8 Å². The Balaban J connectivity index is 1.79. The lowest BCUT2D eigenvalue weighted by Gasteiger charge is -2.39. The van der Waals surface area contributed by atoms with Gasteiger partial charge in [0.05, 0.1) is 13.2 Å². The number of H-pyrrole nitrogens is 1. The maximum atomic E-state index is 13.7. The number of aromatic amines is 1. The smallest absolute Gasteiger partial charge is 0.275 e. The molecule has 1 atom stereocenters. The molecule has 178 valence electrons. The fourth-order valence-corrected chi connectivity index (χ4v) is 3.72. The number of nitrogens with zero attached hydrogens (tertiary/aromatic N) is 1. The minimum absolute atomic E-state index is 0.0144. The molecule has 1 fully saturated rings. The van der Waals surface area contributed by atoms with Crippen molar-refractivity contribution in [3.05, 3.63) is 63.1 Å². The summed E-state index contributed by atoms with van der Waals surface area (Å²) in [7, 11) is 1.53. The van der Waals surface area contributed by atoms with Crippen LogP contribution in [0.15, 0.2) is 29.2 Å². The molecule has 1 aromatic carbocycles. The van der Waals surface area contributed by atoms with Gasteiger partial charge in [0.15, 0.2) is 11.4 Å². The molecule has 1 aliphatic rings. The van der Waals surface area contributed by atoms with E-state index in [1.54, 1.807) is 0 Å². The van der Waals surface area contributed by atoms with Crippen molar-refractivity contribution in [3.8, 4) is 5.75 Å². The highest BCUT2D eigenvalue weighted by atomic mass is 19.1. The quantitative estimate of drug-likeness (QED) is 0.460. The SMILES string of the molecule is CC(C)NC1(N(C)C(=O)c2[nH]cc(C(=O)NCc3ccc(F)cc3F)c(=O)c2O)CCOC1. The first-order valence-electron chi connectivity index (χ1n) is 10.4. The minimum atomic E-state index is -1.06. The van der Waals surface area contributed by atoms with Crippen LogP contribution in [0.3, 0.4) is 0 Å². The van der Waals surface area contributed by atoms with Crippen LogP contribution in [-0.4, -0.2) is 58.8 Å². The third-order valence-corrected chi connectivity index (χ3v) is 5.48. The minimum Gasteiger partial charge on any atom is -0.503 e. The molecule has 1 saturated heterocycles. The van der Waals surface area contributed by atoms with Crippen molar-refractivity contribution in [1.29, 1.82) is 0 Å². The molecule has 1 aromatic heterocycles. The van der Waals surface area contributed by atoms with Crippen molar-refractivity contribution in [3.63, 3.8) is 0 Å². The summed E-state index contributed by atoms with van der Waals surface area (Å²) in [5.41, 5.74) is -2.70. The van der Waals surface area contributed by atoms with Crippen LogP contribution >= 0.6 is 0 Å². The van der Waals surface area contributed by atoms with E-state index in [-0.39, 0.29) is 30.5 Å². The standard InChI is InChI=1S/C22H26F2N4O5/c1-12(2)27-22(6-7-33-11-22)28(3)21(32)17-19(30)18(29)15(10-25-17)20(31)26-9-13-4-5-14(23)8-16(13)24/h4-5,8,10,12,27,30H,6-7,9,11H2,1-3H3,(H,25,29)(H,26,31). The van der Waals surface area contributed by atoms with Gasteiger partial charge in [-0.2, -0.15) is 0 Å². The Bertz CT molecular complexity index is 1110. The zero-order chi connectivity index (χ0) is 24.3. The summed E-state index contributed by atoms with van der Waals surface area (Å²) in [4.78, 5) is 42.0. The van der Waals surface area contributed by atoms with Gasteiger partial charge in [0.25, 0.3) is 11.8 Å². The van der Waals surface area contributed by atoms with Crippen LogP contribution in [-0.2, 0) is 11.3 Å². The van der Waals surface area contributed by atoms with Gasteiger partial charge in [0.1, 0.15) is 22.9 Å². The number of hydrogen-bond donors (Lipinski definition) is 4. The van der Waals surface area contributed by atoms with Crippen molar-refractivity contribution in [2.75, 3.05) is 20.3 Å². The number of carbonyl (C=O) groups is 2. The topological polar surface area (TPSA) is 124 Å². The number of carbonyl (C=O) groups excluding carboxylic acids is 2. The Kier molecular flexibility index (Phi) is 7.13.